The zero-order valence-electron chi connectivity index (χ0n) is 9.02. The molecule has 0 amide bonds. The number of benzene rings is 2. The van der Waals surface area contributed by atoms with E-state index in [1.54, 1.807) is 18.2 Å². The van der Waals surface area contributed by atoms with Gasteiger partial charge in [-0.15, -0.1) is 0 Å². The highest BCUT2D eigenvalue weighted by Gasteiger charge is 2.03. The summed E-state index contributed by atoms with van der Waals surface area (Å²) in [6, 6.07) is 15.0. The van der Waals surface area contributed by atoms with Crippen molar-refractivity contribution in [2.45, 2.75) is 6.61 Å². The van der Waals surface area contributed by atoms with E-state index in [9.17, 15) is 4.79 Å². The second-order valence-corrected chi connectivity index (χ2v) is 4.38. The first-order valence-electron chi connectivity index (χ1n) is 5.14. The largest absolute Gasteiger partial charge is 0.488 e. The summed E-state index contributed by atoms with van der Waals surface area (Å²) < 4.78 is 6.40. The first kappa shape index (κ1) is 11.9. The molecular formula is C14H10BrO2. The van der Waals surface area contributed by atoms with Crippen LogP contribution in [-0.4, -0.2) is 6.29 Å². The lowest BCUT2D eigenvalue weighted by atomic mass is 10.2. The smallest absolute Gasteiger partial charge is 0.233 e. The Hall–Kier alpha value is -1.61. The maximum atomic E-state index is 10.5. The molecule has 0 saturated heterocycles. The molecule has 0 aliphatic heterocycles. The number of hydrogen-bond acceptors (Lipinski definition) is 2. The van der Waals surface area contributed by atoms with E-state index in [1.165, 1.54) is 0 Å². The highest BCUT2D eigenvalue weighted by atomic mass is 79.9. The summed E-state index contributed by atoms with van der Waals surface area (Å²) >= 11 is 3.36. The number of hydrogen-bond donors (Lipinski definition) is 0. The zero-order chi connectivity index (χ0) is 12.1. The van der Waals surface area contributed by atoms with E-state index in [0.29, 0.717) is 17.9 Å². The Morgan fingerprint density at radius 2 is 1.88 bits per heavy atom. The number of ether oxygens (including phenoxy) is 1. The third-order valence-electron chi connectivity index (χ3n) is 2.29. The summed E-state index contributed by atoms with van der Waals surface area (Å²) in [4.78, 5) is 10.5. The predicted molar refractivity (Wildman–Crippen MR) is 69.7 cm³/mol. The van der Waals surface area contributed by atoms with Gasteiger partial charge in [0.2, 0.25) is 6.29 Å². The molecule has 2 aromatic carbocycles. The third-order valence-corrected chi connectivity index (χ3v) is 2.91. The van der Waals surface area contributed by atoms with Crippen molar-refractivity contribution < 1.29 is 9.53 Å². The first-order chi connectivity index (χ1) is 8.29. The van der Waals surface area contributed by atoms with Gasteiger partial charge in [0.15, 0.2) is 0 Å². The van der Waals surface area contributed by atoms with Gasteiger partial charge in [0.25, 0.3) is 0 Å². The van der Waals surface area contributed by atoms with Crippen LogP contribution in [0.15, 0.2) is 53.0 Å². The molecule has 17 heavy (non-hydrogen) atoms. The summed E-state index contributed by atoms with van der Waals surface area (Å²) in [7, 11) is 0. The van der Waals surface area contributed by atoms with Crippen molar-refractivity contribution in [3.63, 3.8) is 0 Å². The molecule has 2 nitrogen and oxygen atoms in total. The summed E-state index contributed by atoms with van der Waals surface area (Å²) in [5, 5.41) is 0. The fraction of sp³-hybridized carbons (Fsp3) is 0.0714. The van der Waals surface area contributed by atoms with Crippen LogP contribution < -0.4 is 4.74 Å². The average Bonchev–Trinajstić information content (AvgIpc) is 2.38. The van der Waals surface area contributed by atoms with Crippen LogP contribution in [0.25, 0.3) is 0 Å². The van der Waals surface area contributed by atoms with Gasteiger partial charge in [-0.25, -0.2) is 0 Å². The second kappa shape index (κ2) is 5.64. The van der Waals surface area contributed by atoms with E-state index in [4.69, 9.17) is 4.74 Å². The molecule has 3 heteroatoms. The van der Waals surface area contributed by atoms with Crippen LogP contribution in [0.4, 0.5) is 0 Å². The molecule has 0 spiro atoms. The minimum absolute atomic E-state index is 0.504. The van der Waals surface area contributed by atoms with Crippen LogP contribution in [0, 0.1) is 0 Å². The maximum absolute atomic E-state index is 10.5. The maximum Gasteiger partial charge on any atom is 0.233 e. The van der Waals surface area contributed by atoms with Gasteiger partial charge in [-0.3, -0.25) is 4.79 Å². The molecule has 0 bridgehead atoms. The fourth-order valence-corrected chi connectivity index (χ4v) is 1.91. The van der Waals surface area contributed by atoms with Gasteiger partial charge >= 0.3 is 0 Å². The molecular weight excluding hydrogens is 280 g/mol. The van der Waals surface area contributed by atoms with E-state index < -0.39 is 0 Å². The van der Waals surface area contributed by atoms with E-state index >= 15 is 0 Å². The minimum atomic E-state index is 0.504. The average molecular weight is 290 g/mol. The molecule has 85 valence electrons. The lowest BCUT2D eigenvalue weighted by Crippen LogP contribution is -1.96. The Labute approximate surface area is 108 Å². The van der Waals surface area contributed by atoms with E-state index in [-0.39, 0.29) is 0 Å². The van der Waals surface area contributed by atoms with Crippen LogP contribution in [-0.2, 0) is 11.4 Å². The monoisotopic (exact) mass is 289 g/mol. The van der Waals surface area contributed by atoms with Gasteiger partial charge in [-0.05, 0) is 39.7 Å². The van der Waals surface area contributed by atoms with Crippen LogP contribution in [0.5, 0.6) is 5.75 Å². The molecule has 0 heterocycles. The Kier molecular flexibility index (Phi) is 3.94. The molecule has 0 aromatic heterocycles. The van der Waals surface area contributed by atoms with Crippen LogP contribution in [0.3, 0.4) is 0 Å². The van der Waals surface area contributed by atoms with Gasteiger partial charge < -0.3 is 4.74 Å². The van der Waals surface area contributed by atoms with E-state index in [2.05, 4.69) is 15.9 Å². The second-order valence-electron chi connectivity index (χ2n) is 3.52. The van der Waals surface area contributed by atoms with Crippen molar-refractivity contribution in [2.24, 2.45) is 0 Å². The Morgan fingerprint density at radius 1 is 1.12 bits per heavy atom. The molecule has 0 aliphatic rings. The molecule has 0 N–H and O–H groups in total. The Morgan fingerprint density at radius 3 is 2.53 bits per heavy atom. The summed E-state index contributed by atoms with van der Waals surface area (Å²) in [6.07, 6.45) is 1.83. The van der Waals surface area contributed by atoms with Crippen molar-refractivity contribution in [3.8, 4) is 5.75 Å². The highest BCUT2D eigenvalue weighted by molar-refractivity contribution is 9.10. The molecule has 2 rings (SSSR count). The molecule has 0 saturated carbocycles. The van der Waals surface area contributed by atoms with E-state index in [0.717, 1.165) is 10.0 Å². The number of rotatable bonds is 4. The van der Waals surface area contributed by atoms with Gasteiger partial charge in [0.05, 0.1) is 4.47 Å². The first-order valence-corrected chi connectivity index (χ1v) is 5.93. The van der Waals surface area contributed by atoms with Gasteiger partial charge in [-0.1, -0.05) is 30.3 Å². The predicted octanol–water partition coefficient (Wildman–Crippen LogP) is 3.49. The van der Waals surface area contributed by atoms with Crippen molar-refractivity contribution in [3.05, 3.63) is 64.1 Å². The molecule has 2 aromatic rings. The topological polar surface area (TPSA) is 26.3 Å². The van der Waals surface area contributed by atoms with Crippen LogP contribution in [0.1, 0.15) is 11.1 Å². The Balaban J connectivity index is 2.07. The lowest BCUT2D eigenvalue weighted by Gasteiger charge is -2.08. The number of halogens is 1. The SMILES string of the molecule is O=[C]c1ccc(OCc2ccccc2)c(Br)c1. The van der Waals surface area contributed by atoms with Gasteiger partial charge in [0, 0.05) is 5.56 Å². The molecule has 1 radical (unpaired) electrons. The van der Waals surface area contributed by atoms with Crippen molar-refractivity contribution in [2.75, 3.05) is 0 Å². The van der Waals surface area contributed by atoms with Crippen LogP contribution in [0.2, 0.25) is 0 Å². The number of carbonyl (C=O) groups excluding carboxylic acids is 1. The van der Waals surface area contributed by atoms with Crippen molar-refractivity contribution in [1.29, 1.82) is 0 Å². The molecule has 0 atom stereocenters. The standard InChI is InChI=1S/C14H10BrO2/c15-13-8-12(9-16)6-7-14(13)17-10-11-4-2-1-3-5-11/h1-8H,10H2. The minimum Gasteiger partial charge on any atom is -0.488 e. The summed E-state index contributed by atoms with van der Waals surface area (Å²) in [5.41, 5.74) is 1.61. The van der Waals surface area contributed by atoms with Crippen LogP contribution >= 0.6 is 15.9 Å². The Bertz CT molecular complexity index is 509. The van der Waals surface area contributed by atoms with Gasteiger partial charge in [0.1, 0.15) is 12.4 Å². The fourth-order valence-electron chi connectivity index (χ4n) is 1.42. The normalized spacial score (nSPS) is 9.94. The van der Waals surface area contributed by atoms with Crippen molar-refractivity contribution >= 4 is 22.2 Å². The lowest BCUT2D eigenvalue weighted by molar-refractivity contribution is 0.304. The summed E-state index contributed by atoms with van der Waals surface area (Å²) in [5.74, 6) is 0.716. The van der Waals surface area contributed by atoms with E-state index in [1.807, 2.05) is 36.6 Å². The summed E-state index contributed by atoms with van der Waals surface area (Å²) in [6.45, 7) is 0.504. The molecule has 0 unspecified atom stereocenters. The third kappa shape index (κ3) is 3.17. The molecule has 0 aliphatic carbocycles. The quantitative estimate of drug-likeness (QED) is 0.861. The zero-order valence-corrected chi connectivity index (χ0v) is 10.6. The molecule has 0 fully saturated rings. The van der Waals surface area contributed by atoms with Gasteiger partial charge in [-0.2, -0.15) is 0 Å². The highest BCUT2D eigenvalue weighted by Crippen LogP contribution is 2.26. The van der Waals surface area contributed by atoms with Crippen molar-refractivity contribution in [1.82, 2.24) is 0 Å².